The highest BCUT2D eigenvalue weighted by Crippen LogP contribution is 2.43. The van der Waals surface area contributed by atoms with Crippen molar-refractivity contribution in [3.63, 3.8) is 0 Å². The highest BCUT2D eigenvalue weighted by Gasteiger charge is 2.39. The first kappa shape index (κ1) is 15.3. The Hall–Kier alpha value is -3.28. The first-order valence-electron chi connectivity index (χ1n) is 7.86. The van der Waals surface area contributed by atoms with Crippen molar-refractivity contribution in [2.75, 3.05) is 12.4 Å². The van der Waals surface area contributed by atoms with E-state index < -0.39 is 11.9 Å². The van der Waals surface area contributed by atoms with Gasteiger partial charge < -0.3 is 19.5 Å². The summed E-state index contributed by atoms with van der Waals surface area (Å²) >= 11 is 0. The second-order valence-corrected chi connectivity index (χ2v) is 5.89. The molecule has 0 fully saturated rings. The summed E-state index contributed by atoms with van der Waals surface area (Å²) in [5, 5.41) is 2.88. The molecule has 3 heterocycles. The molecule has 3 aromatic rings. The Labute approximate surface area is 143 Å². The lowest BCUT2D eigenvalue weighted by molar-refractivity contribution is -0.116. The number of nitrogens with one attached hydrogen (secondary N) is 2. The van der Waals surface area contributed by atoms with Crippen molar-refractivity contribution in [2.24, 2.45) is 0 Å². The Bertz CT molecular complexity index is 969. The van der Waals surface area contributed by atoms with E-state index >= 15 is 0 Å². The Kier molecular flexibility index (Phi) is 3.46. The normalized spacial score (nSPS) is 15.8. The van der Waals surface area contributed by atoms with E-state index in [1.807, 2.05) is 24.3 Å². The van der Waals surface area contributed by atoms with Gasteiger partial charge in [-0.3, -0.25) is 4.79 Å². The van der Waals surface area contributed by atoms with Gasteiger partial charge in [0.15, 0.2) is 0 Å². The first-order chi connectivity index (χ1) is 12.1. The molecule has 2 aromatic heterocycles. The van der Waals surface area contributed by atoms with E-state index in [2.05, 4.69) is 10.3 Å². The summed E-state index contributed by atoms with van der Waals surface area (Å²) in [5.74, 6) is -0.724. The molecule has 1 atom stereocenters. The van der Waals surface area contributed by atoms with Gasteiger partial charge in [0.2, 0.25) is 5.91 Å². The number of anilines is 1. The molecular formula is C19H16N2O4. The molecule has 6 nitrogen and oxygen atoms in total. The lowest BCUT2D eigenvalue weighted by Gasteiger charge is -2.12. The molecule has 1 aliphatic heterocycles. The van der Waals surface area contributed by atoms with E-state index in [1.165, 1.54) is 7.11 Å². The minimum Gasteiger partial charge on any atom is -0.465 e. The SMILES string of the molecule is COC(=O)c1c(C)[nH]c(-c2ccco2)c1C1C(=O)Nc2ccccc21. The fourth-order valence-electron chi connectivity index (χ4n) is 3.41. The number of para-hydroxylation sites is 1. The predicted octanol–water partition coefficient (Wildman–Crippen LogP) is 3.45. The quantitative estimate of drug-likeness (QED) is 0.718. The third-order valence-electron chi connectivity index (χ3n) is 4.46. The number of hydrogen-bond acceptors (Lipinski definition) is 4. The number of benzene rings is 1. The number of carbonyl (C=O) groups is 2. The number of hydrogen-bond donors (Lipinski definition) is 2. The van der Waals surface area contributed by atoms with Gasteiger partial charge in [-0.25, -0.2) is 4.79 Å². The van der Waals surface area contributed by atoms with Gasteiger partial charge in [-0.2, -0.15) is 0 Å². The fourth-order valence-corrected chi connectivity index (χ4v) is 3.41. The maximum Gasteiger partial charge on any atom is 0.340 e. The number of aryl methyl sites for hydroxylation is 1. The van der Waals surface area contributed by atoms with Crippen molar-refractivity contribution >= 4 is 17.6 Å². The lowest BCUT2D eigenvalue weighted by atomic mass is 9.88. The zero-order chi connectivity index (χ0) is 17.6. The van der Waals surface area contributed by atoms with E-state index in [4.69, 9.17) is 9.15 Å². The molecular weight excluding hydrogens is 320 g/mol. The standard InChI is InChI=1S/C19H16N2O4/c1-10-14(19(23)24-2)16(17(20-10)13-8-5-9-25-13)15-11-6-3-4-7-12(11)21-18(15)22/h3-9,15,20H,1-2H3,(H,21,22). The highest BCUT2D eigenvalue weighted by molar-refractivity contribution is 6.08. The summed E-state index contributed by atoms with van der Waals surface area (Å²) in [7, 11) is 1.33. The number of rotatable bonds is 3. The molecule has 0 spiro atoms. The number of carbonyl (C=O) groups excluding carboxylic acids is 2. The van der Waals surface area contributed by atoms with E-state index in [1.54, 1.807) is 25.3 Å². The zero-order valence-corrected chi connectivity index (χ0v) is 13.8. The third-order valence-corrected chi connectivity index (χ3v) is 4.46. The van der Waals surface area contributed by atoms with Gasteiger partial charge in [0, 0.05) is 16.9 Å². The molecule has 0 aliphatic carbocycles. The van der Waals surface area contributed by atoms with Crippen LogP contribution in [0.15, 0.2) is 47.1 Å². The fraction of sp³-hybridized carbons (Fsp3) is 0.158. The number of ether oxygens (including phenoxy) is 1. The van der Waals surface area contributed by atoms with Gasteiger partial charge in [0.25, 0.3) is 0 Å². The lowest BCUT2D eigenvalue weighted by Crippen LogP contribution is -2.17. The van der Waals surface area contributed by atoms with Crippen molar-refractivity contribution in [3.8, 4) is 11.5 Å². The van der Waals surface area contributed by atoms with Crippen LogP contribution in [0.4, 0.5) is 5.69 Å². The van der Waals surface area contributed by atoms with Gasteiger partial charge in [-0.15, -0.1) is 0 Å². The summed E-state index contributed by atoms with van der Waals surface area (Å²) in [6, 6.07) is 11.0. The zero-order valence-electron chi connectivity index (χ0n) is 13.8. The smallest absolute Gasteiger partial charge is 0.340 e. The van der Waals surface area contributed by atoms with E-state index in [0.29, 0.717) is 28.3 Å². The average molecular weight is 336 g/mol. The number of methoxy groups -OCH3 is 1. The molecule has 126 valence electrons. The third kappa shape index (κ3) is 2.26. The first-order valence-corrected chi connectivity index (χ1v) is 7.86. The van der Waals surface area contributed by atoms with Crippen LogP contribution in [0.5, 0.6) is 0 Å². The minimum absolute atomic E-state index is 0.182. The summed E-state index contributed by atoms with van der Waals surface area (Å²) in [6.45, 7) is 1.78. The van der Waals surface area contributed by atoms with Crippen LogP contribution in [-0.2, 0) is 9.53 Å². The molecule has 0 saturated heterocycles. The summed E-state index contributed by atoms with van der Waals surface area (Å²) in [5.41, 5.74) is 3.75. The van der Waals surface area contributed by atoms with Crippen LogP contribution in [0, 0.1) is 6.92 Å². The largest absolute Gasteiger partial charge is 0.465 e. The van der Waals surface area contributed by atoms with Crippen LogP contribution in [0.2, 0.25) is 0 Å². The van der Waals surface area contributed by atoms with Crippen molar-refractivity contribution in [3.05, 3.63) is 65.0 Å². The monoisotopic (exact) mass is 336 g/mol. The summed E-state index contributed by atoms with van der Waals surface area (Å²) in [4.78, 5) is 28.3. The molecule has 0 radical (unpaired) electrons. The predicted molar refractivity (Wildman–Crippen MR) is 91.5 cm³/mol. The number of fused-ring (bicyclic) bond motifs is 1. The Balaban J connectivity index is 2.00. The second-order valence-electron chi connectivity index (χ2n) is 5.89. The summed E-state index contributed by atoms with van der Waals surface area (Å²) in [6.07, 6.45) is 1.55. The maximum absolute atomic E-state index is 12.7. The second kappa shape index (κ2) is 5.66. The summed E-state index contributed by atoms with van der Waals surface area (Å²) < 4.78 is 10.5. The van der Waals surface area contributed by atoms with Crippen LogP contribution in [0.3, 0.4) is 0 Å². The van der Waals surface area contributed by atoms with Gasteiger partial charge in [0.05, 0.1) is 30.5 Å². The van der Waals surface area contributed by atoms with Crippen molar-refractivity contribution < 1.29 is 18.7 Å². The minimum atomic E-state index is -0.615. The molecule has 1 aliphatic rings. The Morgan fingerprint density at radius 2 is 2.00 bits per heavy atom. The van der Waals surface area contributed by atoms with Crippen LogP contribution >= 0.6 is 0 Å². The van der Waals surface area contributed by atoms with Crippen molar-refractivity contribution in [1.29, 1.82) is 0 Å². The molecule has 2 N–H and O–H groups in total. The van der Waals surface area contributed by atoms with Gasteiger partial charge >= 0.3 is 5.97 Å². The number of H-pyrrole nitrogens is 1. The van der Waals surface area contributed by atoms with E-state index in [0.717, 1.165) is 11.3 Å². The van der Waals surface area contributed by atoms with Crippen LogP contribution in [-0.4, -0.2) is 24.0 Å². The van der Waals surface area contributed by atoms with Crippen molar-refractivity contribution in [2.45, 2.75) is 12.8 Å². The molecule has 1 unspecified atom stereocenters. The van der Waals surface area contributed by atoms with Crippen LogP contribution < -0.4 is 5.32 Å². The molecule has 1 amide bonds. The van der Waals surface area contributed by atoms with Gasteiger partial charge in [0.1, 0.15) is 5.76 Å². The highest BCUT2D eigenvalue weighted by atomic mass is 16.5. The number of esters is 1. The van der Waals surface area contributed by atoms with E-state index in [-0.39, 0.29) is 5.91 Å². The topological polar surface area (TPSA) is 84.3 Å². The average Bonchev–Trinajstić information content (AvgIpc) is 3.30. The van der Waals surface area contributed by atoms with Crippen LogP contribution in [0.25, 0.3) is 11.5 Å². The maximum atomic E-state index is 12.7. The molecule has 25 heavy (non-hydrogen) atoms. The molecule has 6 heteroatoms. The number of amides is 1. The molecule has 1 aromatic carbocycles. The van der Waals surface area contributed by atoms with Crippen molar-refractivity contribution in [1.82, 2.24) is 4.98 Å². The van der Waals surface area contributed by atoms with E-state index in [9.17, 15) is 9.59 Å². The number of aromatic nitrogens is 1. The van der Waals surface area contributed by atoms with Gasteiger partial charge in [-0.05, 0) is 30.7 Å². The number of furan rings is 1. The number of aromatic amines is 1. The molecule has 0 bridgehead atoms. The van der Waals surface area contributed by atoms with Gasteiger partial charge in [-0.1, -0.05) is 18.2 Å². The molecule has 0 saturated carbocycles. The Morgan fingerprint density at radius 3 is 2.72 bits per heavy atom. The molecule has 4 rings (SSSR count). The Morgan fingerprint density at radius 1 is 1.20 bits per heavy atom. The van der Waals surface area contributed by atoms with Crippen LogP contribution in [0.1, 0.15) is 33.1 Å².